The Morgan fingerprint density at radius 1 is 1.10 bits per heavy atom. The molecular formula is C22H37N3O4. The number of carbonyl (C=O) groups excluding carboxylic acids is 1. The Bertz CT molecular complexity index is 667. The molecule has 3 aliphatic rings. The van der Waals surface area contributed by atoms with E-state index in [1.165, 1.54) is 0 Å². The first-order chi connectivity index (χ1) is 13.6. The van der Waals surface area contributed by atoms with Gasteiger partial charge in [-0.3, -0.25) is 0 Å². The number of ether oxygens (including phenoxy) is 3. The molecule has 29 heavy (non-hydrogen) atoms. The molecule has 1 saturated heterocycles. The van der Waals surface area contributed by atoms with E-state index in [4.69, 9.17) is 24.2 Å². The SMILES string of the molecule is COC1=N[C@H](C(C)C)C(OC)=N[C@H]1CC1CC[C@H]2CN(C(=O)OC(C)(C)C)C[C@@H]12. The van der Waals surface area contributed by atoms with Crippen LogP contribution in [0.25, 0.3) is 0 Å². The fourth-order valence-electron chi connectivity index (χ4n) is 4.95. The summed E-state index contributed by atoms with van der Waals surface area (Å²) < 4.78 is 16.7. The van der Waals surface area contributed by atoms with Crippen molar-refractivity contribution in [2.75, 3.05) is 27.3 Å². The van der Waals surface area contributed by atoms with Gasteiger partial charge < -0.3 is 19.1 Å². The largest absolute Gasteiger partial charge is 0.483 e. The van der Waals surface area contributed by atoms with Gasteiger partial charge in [0.15, 0.2) is 0 Å². The molecule has 0 aromatic heterocycles. The van der Waals surface area contributed by atoms with Crippen LogP contribution in [-0.2, 0) is 14.2 Å². The molecular weight excluding hydrogens is 370 g/mol. The number of likely N-dealkylation sites (tertiary alicyclic amines) is 1. The number of rotatable bonds is 3. The molecule has 2 heterocycles. The van der Waals surface area contributed by atoms with Crippen molar-refractivity contribution < 1.29 is 19.0 Å². The number of aliphatic imine (C=N–C) groups is 2. The zero-order valence-corrected chi connectivity index (χ0v) is 19.0. The van der Waals surface area contributed by atoms with Crippen LogP contribution in [0.2, 0.25) is 0 Å². The third-order valence-corrected chi connectivity index (χ3v) is 6.32. The average Bonchev–Trinajstić information content (AvgIpc) is 3.21. The highest BCUT2D eigenvalue weighted by atomic mass is 16.6. The van der Waals surface area contributed by atoms with E-state index in [0.29, 0.717) is 35.5 Å². The van der Waals surface area contributed by atoms with E-state index >= 15 is 0 Å². The monoisotopic (exact) mass is 407 g/mol. The standard InChI is InChI=1S/C22H37N3O4/c1-13(2)18-20(28-7)23-17(19(24-18)27-6)10-14-8-9-15-11-25(12-16(14)15)21(26)29-22(3,4)5/h13-18H,8-12H2,1-7H3/t14?,15-,16-,17-,18+/m0/s1. The Balaban J connectivity index is 1.67. The zero-order valence-electron chi connectivity index (χ0n) is 19.0. The van der Waals surface area contributed by atoms with Crippen LogP contribution in [-0.4, -0.2) is 67.8 Å². The van der Waals surface area contributed by atoms with Gasteiger partial charge in [-0.2, -0.15) is 0 Å². The van der Waals surface area contributed by atoms with E-state index in [0.717, 1.165) is 32.4 Å². The van der Waals surface area contributed by atoms with Crippen molar-refractivity contribution in [2.45, 2.75) is 71.6 Å². The fraction of sp³-hybridized carbons (Fsp3) is 0.864. The van der Waals surface area contributed by atoms with Gasteiger partial charge in [0.25, 0.3) is 0 Å². The predicted molar refractivity (Wildman–Crippen MR) is 113 cm³/mol. The van der Waals surface area contributed by atoms with E-state index in [9.17, 15) is 4.79 Å². The first-order valence-corrected chi connectivity index (χ1v) is 10.8. The second-order valence-corrected chi connectivity index (χ2v) is 9.93. The van der Waals surface area contributed by atoms with Crippen LogP contribution >= 0.6 is 0 Å². The molecule has 164 valence electrons. The smallest absolute Gasteiger partial charge is 0.410 e. The van der Waals surface area contributed by atoms with Crippen molar-refractivity contribution in [3.63, 3.8) is 0 Å². The molecule has 0 bridgehead atoms. The Hall–Kier alpha value is -1.79. The van der Waals surface area contributed by atoms with Crippen LogP contribution in [0.15, 0.2) is 9.98 Å². The summed E-state index contributed by atoms with van der Waals surface area (Å²) in [5, 5.41) is 0. The summed E-state index contributed by atoms with van der Waals surface area (Å²) >= 11 is 0. The van der Waals surface area contributed by atoms with Crippen LogP contribution in [0.5, 0.6) is 0 Å². The number of fused-ring (bicyclic) bond motifs is 1. The Labute approximate surface area is 174 Å². The van der Waals surface area contributed by atoms with Gasteiger partial charge in [0.2, 0.25) is 11.8 Å². The highest BCUT2D eigenvalue weighted by molar-refractivity contribution is 5.94. The topological polar surface area (TPSA) is 72.7 Å². The number of nitrogens with zero attached hydrogens (tertiary/aromatic N) is 3. The molecule has 3 rings (SSSR count). The lowest BCUT2D eigenvalue weighted by Crippen LogP contribution is -2.39. The molecule has 0 N–H and O–H groups in total. The lowest BCUT2D eigenvalue weighted by atomic mass is 9.87. The van der Waals surface area contributed by atoms with Crippen molar-refractivity contribution in [3.8, 4) is 0 Å². The van der Waals surface area contributed by atoms with Gasteiger partial charge in [0.1, 0.15) is 17.7 Å². The summed E-state index contributed by atoms with van der Waals surface area (Å²) in [6.45, 7) is 11.5. The molecule has 7 heteroatoms. The second-order valence-electron chi connectivity index (χ2n) is 9.93. The first kappa shape index (κ1) is 21.9. The highest BCUT2D eigenvalue weighted by Crippen LogP contribution is 2.45. The minimum Gasteiger partial charge on any atom is -0.483 e. The van der Waals surface area contributed by atoms with Gasteiger partial charge in [-0.05, 0) is 63.7 Å². The maximum Gasteiger partial charge on any atom is 0.410 e. The van der Waals surface area contributed by atoms with E-state index in [-0.39, 0.29) is 18.2 Å². The minimum atomic E-state index is -0.460. The third kappa shape index (κ3) is 4.86. The van der Waals surface area contributed by atoms with Crippen molar-refractivity contribution in [2.24, 2.45) is 33.7 Å². The van der Waals surface area contributed by atoms with Crippen LogP contribution in [0.4, 0.5) is 4.79 Å². The number of amides is 1. The molecule has 1 amide bonds. The maximum absolute atomic E-state index is 12.5. The molecule has 0 radical (unpaired) electrons. The fourth-order valence-corrected chi connectivity index (χ4v) is 4.95. The molecule has 0 aromatic carbocycles. The van der Waals surface area contributed by atoms with E-state index in [1.807, 2.05) is 25.7 Å². The van der Waals surface area contributed by atoms with Gasteiger partial charge in [-0.1, -0.05) is 13.8 Å². The molecule has 2 fully saturated rings. The first-order valence-electron chi connectivity index (χ1n) is 10.8. The van der Waals surface area contributed by atoms with Gasteiger partial charge in [-0.15, -0.1) is 0 Å². The number of carbonyl (C=O) groups is 1. The molecule has 1 aliphatic carbocycles. The Morgan fingerprint density at radius 2 is 1.79 bits per heavy atom. The van der Waals surface area contributed by atoms with Crippen molar-refractivity contribution in [3.05, 3.63) is 0 Å². The van der Waals surface area contributed by atoms with Crippen LogP contribution in [0.3, 0.4) is 0 Å². The molecule has 1 saturated carbocycles. The van der Waals surface area contributed by atoms with E-state index in [1.54, 1.807) is 14.2 Å². The third-order valence-electron chi connectivity index (χ3n) is 6.32. The number of methoxy groups -OCH3 is 2. The van der Waals surface area contributed by atoms with Crippen LogP contribution < -0.4 is 0 Å². The summed E-state index contributed by atoms with van der Waals surface area (Å²) in [6, 6.07) is -0.194. The van der Waals surface area contributed by atoms with E-state index in [2.05, 4.69) is 13.8 Å². The second kappa shape index (κ2) is 8.52. The summed E-state index contributed by atoms with van der Waals surface area (Å²) in [4.78, 5) is 24.0. The molecule has 0 spiro atoms. The van der Waals surface area contributed by atoms with Gasteiger partial charge >= 0.3 is 6.09 Å². The summed E-state index contributed by atoms with van der Waals surface area (Å²) in [6.07, 6.45) is 3.00. The lowest BCUT2D eigenvalue weighted by molar-refractivity contribution is 0.0275. The summed E-state index contributed by atoms with van der Waals surface area (Å²) in [7, 11) is 3.34. The molecule has 2 aliphatic heterocycles. The van der Waals surface area contributed by atoms with Crippen molar-refractivity contribution in [1.82, 2.24) is 4.90 Å². The molecule has 1 unspecified atom stereocenters. The summed E-state index contributed by atoms with van der Waals surface area (Å²) in [5.41, 5.74) is -0.460. The normalized spacial score (nSPS) is 32.0. The van der Waals surface area contributed by atoms with Crippen molar-refractivity contribution in [1.29, 1.82) is 0 Å². The quantitative estimate of drug-likeness (QED) is 0.714. The molecule has 7 nitrogen and oxygen atoms in total. The van der Waals surface area contributed by atoms with E-state index < -0.39 is 5.60 Å². The van der Waals surface area contributed by atoms with Crippen molar-refractivity contribution >= 4 is 17.9 Å². The minimum absolute atomic E-state index is 0.0864. The predicted octanol–water partition coefficient (Wildman–Crippen LogP) is 3.77. The zero-order chi connectivity index (χ0) is 21.3. The van der Waals surface area contributed by atoms with Crippen LogP contribution in [0.1, 0.15) is 53.9 Å². The number of hydrogen-bond donors (Lipinski definition) is 0. The Kier molecular flexibility index (Phi) is 6.44. The average molecular weight is 408 g/mol. The highest BCUT2D eigenvalue weighted by Gasteiger charge is 2.46. The number of hydrogen-bond acceptors (Lipinski definition) is 6. The molecule has 0 aromatic rings. The maximum atomic E-state index is 12.5. The van der Waals surface area contributed by atoms with Gasteiger partial charge in [0.05, 0.1) is 14.2 Å². The lowest BCUT2D eigenvalue weighted by Gasteiger charge is -2.29. The summed E-state index contributed by atoms with van der Waals surface area (Å²) in [5.74, 6) is 3.23. The molecule has 5 atom stereocenters. The van der Waals surface area contributed by atoms with Gasteiger partial charge in [0, 0.05) is 13.1 Å². The Morgan fingerprint density at radius 3 is 2.38 bits per heavy atom. The van der Waals surface area contributed by atoms with Crippen LogP contribution in [0, 0.1) is 23.7 Å². The van der Waals surface area contributed by atoms with Gasteiger partial charge in [-0.25, -0.2) is 14.8 Å².